The number of nitrogens with zero attached hydrogens (tertiary/aromatic N) is 4. The molecule has 106 valence electrons. The third kappa shape index (κ3) is 2.59. The van der Waals surface area contributed by atoms with Crippen molar-refractivity contribution in [3.8, 4) is 11.4 Å². The molecule has 2 N–H and O–H groups in total. The molecule has 1 aromatic carbocycles. The molecule has 8 nitrogen and oxygen atoms in total. The molecule has 1 heterocycles. The molecule has 1 atom stereocenters. The largest absolute Gasteiger partial charge is 0.494 e. The summed E-state index contributed by atoms with van der Waals surface area (Å²) in [6, 6.07) is 4.11. The van der Waals surface area contributed by atoms with Crippen LogP contribution in [0.25, 0.3) is 5.69 Å². The SMILES string of the molecule is CCC(N)c1cn(-c2ccc([N+](=O)[O-])cc2OC)nn1. The van der Waals surface area contributed by atoms with E-state index in [0.29, 0.717) is 17.1 Å². The van der Waals surface area contributed by atoms with Crippen molar-refractivity contribution in [2.45, 2.75) is 19.4 Å². The fourth-order valence-corrected chi connectivity index (χ4v) is 1.74. The highest BCUT2D eigenvalue weighted by molar-refractivity contribution is 5.52. The van der Waals surface area contributed by atoms with E-state index in [4.69, 9.17) is 10.5 Å². The average Bonchev–Trinajstić information content (AvgIpc) is 2.95. The van der Waals surface area contributed by atoms with E-state index in [1.54, 1.807) is 12.3 Å². The van der Waals surface area contributed by atoms with Crippen LogP contribution in [0.1, 0.15) is 25.1 Å². The number of rotatable bonds is 5. The molecular weight excluding hydrogens is 262 g/mol. The van der Waals surface area contributed by atoms with Crippen molar-refractivity contribution in [1.82, 2.24) is 15.0 Å². The van der Waals surface area contributed by atoms with Gasteiger partial charge in [-0.1, -0.05) is 12.1 Å². The van der Waals surface area contributed by atoms with Crippen LogP contribution in [-0.2, 0) is 0 Å². The van der Waals surface area contributed by atoms with E-state index < -0.39 is 4.92 Å². The van der Waals surface area contributed by atoms with E-state index >= 15 is 0 Å². The molecule has 1 unspecified atom stereocenters. The normalized spacial score (nSPS) is 12.2. The Morgan fingerprint density at radius 2 is 2.30 bits per heavy atom. The minimum Gasteiger partial charge on any atom is -0.494 e. The second-order valence-electron chi connectivity index (χ2n) is 4.22. The first-order valence-corrected chi connectivity index (χ1v) is 6.07. The van der Waals surface area contributed by atoms with Crippen LogP contribution in [0.3, 0.4) is 0 Å². The van der Waals surface area contributed by atoms with Gasteiger partial charge in [0.1, 0.15) is 5.69 Å². The van der Waals surface area contributed by atoms with Crippen LogP contribution in [0, 0.1) is 10.1 Å². The van der Waals surface area contributed by atoms with E-state index in [1.807, 2.05) is 6.92 Å². The summed E-state index contributed by atoms with van der Waals surface area (Å²) in [6.07, 6.45) is 2.44. The lowest BCUT2D eigenvalue weighted by atomic mass is 10.2. The van der Waals surface area contributed by atoms with Gasteiger partial charge in [0.05, 0.1) is 36.0 Å². The molecule has 0 bridgehead atoms. The van der Waals surface area contributed by atoms with Gasteiger partial charge in [-0.15, -0.1) is 5.10 Å². The lowest BCUT2D eigenvalue weighted by Crippen LogP contribution is -2.08. The fraction of sp³-hybridized carbons (Fsp3) is 0.333. The van der Waals surface area contributed by atoms with Crippen LogP contribution in [-0.4, -0.2) is 27.0 Å². The van der Waals surface area contributed by atoms with Crippen molar-refractivity contribution in [3.05, 3.63) is 40.2 Å². The Kier molecular flexibility index (Phi) is 3.94. The minimum absolute atomic E-state index is 0.0452. The summed E-state index contributed by atoms with van der Waals surface area (Å²) in [6.45, 7) is 1.95. The Morgan fingerprint density at radius 3 is 2.90 bits per heavy atom. The minimum atomic E-state index is -0.480. The Balaban J connectivity index is 2.41. The lowest BCUT2D eigenvalue weighted by molar-refractivity contribution is -0.384. The number of nitro benzene ring substituents is 1. The van der Waals surface area contributed by atoms with Gasteiger partial charge in [-0.25, -0.2) is 4.68 Å². The van der Waals surface area contributed by atoms with Gasteiger partial charge in [-0.2, -0.15) is 0 Å². The van der Waals surface area contributed by atoms with Gasteiger partial charge in [0.25, 0.3) is 5.69 Å². The molecule has 0 amide bonds. The highest BCUT2D eigenvalue weighted by Crippen LogP contribution is 2.27. The first-order chi connectivity index (χ1) is 9.56. The molecule has 1 aromatic heterocycles. The van der Waals surface area contributed by atoms with Crippen molar-refractivity contribution in [1.29, 1.82) is 0 Å². The van der Waals surface area contributed by atoms with Gasteiger partial charge in [-0.05, 0) is 12.5 Å². The number of non-ortho nitro benzene ring substituents is 1. The third-order valence-corrected chi connectivity index (χ3v) is 2.95. The summed E-state index contributed by atoms with van der Waals surface area (Å²) in [7, 11) is 1.44. The first-order valence-electron chi connectivity index (χ1n) is 6.07. The fourth-order valence-electron chi connectivity index (χ4n) is 1.74. The van der Waals surface area contributed by atoms with Crippen LogP contribution in [0.15, 0.2) is 24.4 Å². The maximum absolute atomic E-state index is 10.7. The van der Waals surface area contributed by atoms with E-state index in [0.717, 1.165) is 6.42 Å². The summed E-state index contributed by atoms with van der Waals surface area (Å²) < 4.78 is 6.66. The zero-order valence-electron chi connectivity index (χ0n) is 11.2. The highest BCUT2D eigenvalue weighted by Gasteiger charge is 2.15. The molecular formula is C12H15N5O3. The lowest BCUT2D eigenvalue weighted by Gasteiger charge is -2.07. The maximum atomic E-state index is 10.7. The van der Waals surface area contributed by atoms with Crippen molar-refractivity contribution in [3.63, 3.8) is 0 Å². The maximum Gasteiger partial charge on any atom is 0.273 e. The van der Waals surface area contributed by atoms with Gasteiger partial charge < -0.3 is 10.5 Å². The highest BCUT2D eigenvalue weighted by atomic mass is 16.6. The summed E-state index contributed by atoms with van der Waals surface area (Å²) in [5.41, 5.74) is 7.07. The van der Waals surface area contributed by atoms with E-state index in [-0.39, 0.29) is 11.7 Å². The molecule has 20 heavy (non-hydrogen) atoms. The number of aromatic nitrogens is 3. The number of benzene rings is 1. The molecule has 2 aromatic rings. The second kappa shape index (κ2) is 5.66. The van der Waals surface area contributed by atoms with Crippen LogP contribution in [0.2, 0.25) is 0 Å². The van der Waals surface area contributed by atoms with Gasteiger partial charge in [0.15, 0.2) is 5.75 Å². The predicted molar refractivity (Wildman–Crippen MR) is 71.8 cm³/mol. The smallest absolute Gasteiger partial charge is 0.273 e. The van der Waals surface area contributed by atoms with Gasteiger partial charge in [0.2, 0.25) is 0 Å². The van der Waals surface area contributed by atoms with Gasteiger partial charge >= 0.3 is 0 Å². The number of hydrogen-bond donors (Lipinski definition) is 1. The van der Waals surface area contributed by atoms with Gasteiger partial charge in [-0.3, -0.25) is 10.1 Å². The van der Waals surface area contributed by atoms with Crippen LogP contribution in [0.5, 0.6) is 5.75 Å². The van der Waals surface area contributed by atoms with Gasteiger partial charge in [0, 0.05) is 6.07 Å². The Morgan fingerprint density at radius 1 is 1.55 bits per heavy atom. The Hall–Kier alpha value is -2.48. The summed E-state index contributed by atoms with van der Waals surface area (Å²) in [5, 5.41) is 18.7. The topological polar surface area (TPSA) is 109 Å². The molecule has 0 spiro atoms. The number of hydrogen-bond acceptors (Lipinski definition) is 6. The summed E-state index contributed by atoms with van der Waals surface area (Å²) in [4.78, 5) is 10.3. The summed E-state index contributed by atoms with van der Waals surface area (Å²) in [5.74, 6) is 0.348. The van der Waals surface area contributed by atoms with Crippen LogP contribution >= 0.6 is 0 Å². The zero-order valence-corrected chi connectivity index (χ0v) is 11.2. The third-order valence-electron chi connectivity index (χ3n) is 2.95. The second-order valence-corrected chi connectivity index (χ2v) is 4.22. The van der Waals surface area contributed by atoms with Crippen molar-refractivity contribution in [2.75, 3.05) is 7.11 Å². The predicted octanol–water partition coefficient (Wildman–Crippen LogP) is 1.59. The summed E-state index contributed by atoms with van der Waals surface area (Å²) >= 11 is 0. The molecule has 8 heteroatoms. The van der Waals surface area contributed by atoms with Crippen LogP contribution in [0.4, 0.5) is 5.69 Å². The Labute approximate surface area is 115 Å². The van der Waals surface area contributed by atoms with E-state index in [2.05, 4.69) is 10.3 Å². The zero-order chi connectivity index (χ0) is 14.7. The average molecular weight is 277 g/mol. The monoisotopic (exact) mass is 277 g/mol. The van der Waals surface area contributed by atoms with Crippen molar-refractivity contribution < 1.29 is 9.66 Å². The Bertz CT molecular complexity index is 625. The molecule has 0 aliphatic carbocycles. The number of nitro groups is 1. The van der Waals surface area contributed by atoms with E-state index in [9.17, 15) is 10.1 Å². The van der Waals surface area contributed by atoms with Crippen molar-refractivity contribution in [2.24, 2.45) is 5.73 Å². The quantitative estimate of drug-likeness (QED) is 0.656. The van der Waals surface area contributed by atoms with Crippen molar-refractivity contribution >= 4 is 5.69 Å². The molecule has 2 rings (SSSR count). The number of methoxy groups -OCH3 is 1. The molecule has 0 aliphatic rings. The first kappa shape index (κ1) is 13.9. The number of ether oxygens (including phenoxy) is 1. The number of nitrogens with two attached hydrogens (primary N) is 1. The molecule has 0 aliphatic heterocycles. The standard InChI is InChI=1S/C12H15N5O3/c1-3-9(13)10-7-16(15-14-10)11-5-4-8(17(18)19)6-12(11)20-2/h4-7,9H,3,13H2,1-2H3. The van der Waals surface area contributed by atoms with Crippen LogP contribution < -0.4 is 10.5 Å². The molecule has 0 radical (unpaired) electrons. The van der Waals surface area contributed by atoms with E-state index in [1.165, 1.54) is 23.9 Å². The molecule has 0 saturated heterocycles. The molecule has 0 saturated carbocycles. The molecule has 0 fully saturated rings.